The summed E-state index contributed by atoms with van der Waals surface area (Å²) in [6, 6.07) is 9.76. The molecule has 0 aliphatic rings. The van der Waals surface area contributed by atoms with Gasteiger partial charge in [0.05, 0.1) is 6.07 Å². The number of Topliss-reactive ketones (excluding diaryl/α,β-unsaturated/α-hetero) is 1. The van der Waals surface area contributed by atoms with E-state index < -0.39 is 5.92 Å². The minimum atomic E-state index is -0.603. The molecule has 90 valence electrons. The number of ketones is 1. The van der Waals surface area contributed by atoms with Crippen molar-refractivity contribution in [2.75, 3.05) is 0 Å². The van der Waals surface area contributed by atoms with Crippen molar-refractivity contribution in [3.8, 4) is 6.07 Å². The minimum Gasteiger partial charge on any atom is -0.298 e. The van der Waals surface area contributed by atoms with Gasteiger partial charge in [0, 0.05) is 6.42 Å². The Morgan fingerprint density at radius 1 is 1.41 bits per heavy atom. The topological polar surface area (TPSA) is 40.9 Å². The molecule has 2 nitrogen and oxygen atoms in total. The first-order chi connectivity index (χ1) is 8.04. The van der Waals surface area contributed by atoms with Gasteiger partial charge in [-0.25, -0.2) is 0 Å². The van der Waals surface area contributed by atoms with Crippen molar-refractivity contribution in [2.24, 2.45) is 5.92 Å². The van der Waals surface area contributed by atoms with Gasteiger partial charge in [-0.1, -0.05) is 43.7 Å². The summed E-state index contributed by atoms with van der Waals surface area (Å²) in [6.45, 7) is 6.14. The van der Waals surface area contributed by atoms with Crippen molar-refractivity contribution in [1.29, 1.82) is 5.26 Å². The second kappa shape index (κ2) is 6.20. The zero-order valence-corrected chi connectivity index (χ0v) is 10.7. The predicted molar refractivity (Wildman–Crippen MR) is 68.6 cm³/mol. The summed E-state index contributed by atoms with van der Waals surface area (Å²) in [5.41, 5.74) is 1.90. The zero-order valence-electron chi connectivity index (χ0n) is 10.7. The van der Waals surface area contributed by atoms with E-state index in [4.69, 9.17) is 5.26 Å². The van der Waals surface area contributed by atoms with Crippen molar-refractivity contribution in [1.82, 2.24) is 0 Å². The van der Waals surface area contributed by atoms with Gasteiger partial charge in [0.1, 0.15) is 5.92 Å². The van der Waals surface area contributed by atoms with E-state index in [1.54, 1.807) is 0 Å². The van der Waals surface area contributed by atoms with Gasteiger partial charge >= 0.3 is 0 Å². The highest BCUT2D eigenvalue weighted by Gasteiger charge is 2.19. The van der Waals surface area contributed by atoms with Gasteiger partial charge < -0.3 is 0 Å². The van der Waals surface area contributed by atoms with Crippen LogP contribution in [0.15, 0.2) is 24.3 Å². The molecule has 2 heteroatoms. The first-order valence-corrected chi connectivity index (χ1v) is 6.03. The maximum atomic E-state index is 12.0. The largest absolute Gasteiger partial charge is 0.298 e. The molecular formula is C15H19NO. The summed E-state index contributed by atoms with van der Waals surface area (Å²) in [5, 5.41) is 9.14. The first-order valence-electron chi connectivity index (χ1n) is 6.03. The van der Waals surface area contributed by atoms with Crippen LogP contribution in [0.25, 0.3) is 0 Å². The van der Waals surface area contributed by atoms with Crippen LogP contribution in [0.3, 0.4) is 0 Å². The van der Waals surface area contributed by atoms with Crippen LogP contribution < -0.4 is 0 Å². The summed E-state index contributed by atoms with van der Waals surface area (Å²) in [7, 11) is 0. The number of hydrogen-bond acceptors (Lipinski definition) is 2. The molecule has 0 aliphatic heterocycles. The lowest BCUT2D eigenvalue weighted by Gasteiger charge is -2.10. The molecule has 1 aromatic carbocycles. The Morgan fingerprint density at radius 2 is 2.12 bits per heavy atom. The second-order valence-electron chi connectivity index (χ2n) is 4.88. The Labute approximate surface area is 103 Å². The van der Waals surface area contributed by atoms with E-state index in [1.807, 2.05) is 31.2 Å². The average molecular weight is 229 g/mol. The Bertz CT molecular complexity index is 429. The molecule has 1 atom stereocenters. The van der Waals surface area contributed by atoms with E-state index in [9.17, 15) is 4.79 Å². The number of carbonyl (C=O) groups is 1. The van der Waals surface area contributed by atoms with Crippen molar-refractivity contribution >= 4 is 5.78 Å². The van der Waals surface area contributed by atoms with Gasteiger partial charge in [0.15, 0.2) is 5.78 Å². The van der Waals surface area contributed by atoms with Crippen LogP contribution in [0.4, 0.5) is 0 Å². The quantitative estimate of drug-likeness (QED) is 0.774. The zero-order chi connectivity index (χ0) is 12.8. The standard InChI is InChI=1S/C15H19NO/c1-11(2)7-8-15(17)14(10-16)13-6-4-5-12(3)9-13/h4-6,9,11,14H,7-8H2,1-3H3. The molecule has 1 rings (SSSR count). The van der Waals surface area contributed by atoms with Gasteiger partial charge in [-0.2, -0.15) is 5.26 Å². The van der Waals surface area contributed by atoms with E-state index in [1.165, 1.54) is 0 Å². The lowest BCUT2D eigenvalue weighted by Crippen LogP contribution is -2.11. The predicted octanol–water partition coefficient (Wildman–Crippen LogP) is 3.61. The fourth-order valence-corrected chi connectivity index (χ4v) is 1.76. The van der Waals surface area contributed by atoms with Crippen LogP contribution in [-0.2, 0) is 4.79 Å². The van der Waals surface area contributed by atoms with Crippen LogP contribution in [0.2, 0.25) is 0 Å². The highest BCUT2D eigenvalue weighted by molar-refractivity contribution is 5.88. The van der Waals surface area contributed by atoms with E-state index >= 15 is 0 Å². The van der Waals surface area contributed by atoms with Gasteiger partial charge in [0.25, 0.3) is 0 Å². The van der Waals surface area contributed by atoms with Crippen molar-refractivity contribution < 1.29 is 4.79 Å². The first kappa shape index (κ1) is 13.4. The lowest BCUT2D eigenvalue weighted by molar-refractivity contribution is -0.119. The number of hydrogen-bond donors (Lipinski definition) is 0. The molecule has 1 aromatic rings. The SMILES string of the molecule is Cc1cccc(C(C#N)C(=O)CCC(C)C)c1. The third kappa shape index (κ3) is 4.03. The van der Waals surface area contributed by atoms with Crippen molar-refractivity contribution in [3.63, 3.8) is 0 Å². The third-order valence-electron chi connectivity index (χ3n) is 2.79. The Balaban J connectivity index is 2.79. The number of benzene rings is 1. The fourth-order valence-electron chi connectivity index (χ4n) is 1.76. The monoisotopic (exact) mass is 229 g/mol. The maximum absolute atomic E-state index is 12.0. The summed E-state index contributed by atoms with van der Waals surface area (Å²) < 4.78 is 0. The van der Waals surface area contributed by atoms with Crippen molar-refractivity contribution in [2.45, 2.75) is 39.5 Å². The Hall–Kier alpha value is -1.62. The highest BCUT2D eigenvalue weighted by Crippen LogP contribution is 2.20. The van der Waals surface area contributed by atoms with Crippen LogP contribution in [-0.4, -0.2) is 5.78 Å². The van der Waals surface area contributed by atoms with Crippen LogP contribution >= 0.6 is 0 Å². The molecule has 0 saturated carbocycles. The summed E-state index contributed by atoms with van der Waals surface area (Å²) in [5.74, 6) is -0.0729. The molecule has 0 N–H and O–H groups in total. The Morgan fingerprint density at radius 3 is 2.65 bits per heavy atom. The number of nitrogens with zero attached hydrogens (tertiary/aromatic N) is 1. The number of nitriles is 1. The smallest absolute Gasteiger partial charge is 0.154 e. The molecule has 0 fully saturated rings. The van der Waals surface area contributed by atoms with Crippen LogP contribution in [0.5, 0.6) is 0 Å². The molecular weight excluding hydrogens is 210 g/mol. The molecule has 0 spiro atoms. The third-order valence-corrected chi connectivity index (χ3v) is 2.79. The van der Waals surface area contributed by atoms with E-state index in [2.05, 4.69) is 19.9 Å². The summed E-state index contributed by atoms with van der Waals surface area (Å²) in [4.78, 5) is 12.0. The molecule has 0 saturated heterocycles. The molecule has 0 radical (unpaired) electrons. The molecule has 0 amide bonds. The average Bonchev–Trinajstić information content (AvgIpc) is 2.27. The molecule has 17 heavy (non-hydrogen) atoms. The van der Waals surface area contributed by atoms with E-state index in [0.29, 0.717) is 12.3 Å². The summed E-state index contributed by atoms with van der Waals surface area (Å²) >= 11 is 0. The molecule has 0 bridgehead atoms. The Kier molecular flexibility index (Phi) is 4.90. The highest BCUT2D eigenvalue weighted by atomic mass is 16.1. The maximum Gasteiger partial charge on any atom is 0.154 e. The van der Waals surface area contributed by atoms with Gasteiger partial charge in [-0.15, -0.1) is 0 Å². The molecule has 0 aromatic heterocycles. The van der Waals surface area contributed by atoms with Gasteiger partial charge in [-0.3, -0.25) is 4.79 Å². The molecule has 0 heterocycles. The van der Waals surface area contributed by atoms with Gasteiger partial charge in [0.2, 0.25) is 0 Å². The van der Waals surface area contributed by atoms with E-state index in [0.717, 1.165) is 17.5 Å². The number of rotatable bonds is 5. The van der Waals surface area contributed by atoms with Crippen LogP contribution in [0, 0.1) is 24.2 Å². The minimum absolute atomic E-state index is 0.0341. The number of aryl methyl sites for hydroxylation is 1. The van der Waals surface area contributed by atoms with Crippen molar-refractivity contribution in [3.05, 3.63) is 35.4 Å². The van der Waals surface area contributed by atoms with Gasteiger partial charge in [-0.05, 0) is 24.8 Å². The normalized spacial score (nSPS) is 12.2. The van der Waals surface area contributed by atoms with E-state index in [-0.39, 0.29) is 5.78 Å². The lowest BCUT2D eigenvalue weighted by atomic mass is 9.91. The second-order valence-corrected chi connectivity index (χ2v) is 4.88. The molecule has 1 unspecified atom stereocenters. The number of carbonyl (C=O) groups excluding carboxylic acids is 1. The fraction of sp³-hybridized carbons (Fsp3) is 0.467. The molecule has 0 aliphatic carbocycles. The van der Waals surface area contributed by atoms with Crippen LogP contribution in [0.1, 0.15) is 43.7 Å². The summed E-state index contributed by atoms with van der Waals surface area (Å²) in [6.07, 6.45) is 1.34.